The standard InChI is InChI=1S/C10H16N4O/c1-2-3-9(15)6-13-4-5-14-8-11-12-10(14)7-13/h8H,2-7H2,1H3. The van der Waals surface area contributed by atoms with Crippen LogP contribution in [-0.2, 0) is 17.9 Å². The number of Topliss-reactive ketones (excluding diaryl/α,β-unsaturated/α-hetero) is 1. The maximum Gasteiger partial charge on any atom is 0.147 e. The fraction of sp³-hybridized carbons (Fsp3) is 0.700. The molecule has 0 atom stereocenters. The van der Waals surface area contributed by atoms with Gasteiger partial charge < -0.3 is 4.57 Å². The summed E-state index contributed by atoms with van der Waals surface area (Å²) in [6.45, 7) is 5.14. The molecule has 2 rings (SSSR count). The summed E-state index contributed by atoms with van der Waals surface area (Å²) in [6.07, 6.45) is 3.37. The predicted octanol–water partition coefficient (Wildman–Crippen LogP) is 0.463. The Hall–Kier alpha value is -1.23. The van der Waals surface area contributed by atoms with E-state index in [9.17, 15) is 4.79 Å². The first-order chi connectivity index (χ1) is 7.29. The molecule has 2 heterocycles. The Morgan fingerprint density at radius 3 is 3.20 bits per heavy atom. The van der Waals surface area contributed by atoms with E-state index in [1.54, 1.807) is 6.33 Å². The Kier molecular flexibility index (Phi) is 3.11. The molecule has 82 valence electrons. The lowest BCUT2D eigenvalue weighted by atomic mass is 10.2. The van der Waals surface area contributed by atoms with Crippen LogP contribution >= 0.6 is 0 Å². The third-order valence-corrected chi connectivity index (χ3v) is 2.65. The monoisotopic (exact) mass is 208 g/mol. The van der Waals surface area contributed by atoms with E-state index in [1.807, 2.05) is 11.5 Å². The highest BCUT2D eigenvalue weighted by molar-refractivity contribution is 5.80. The maximum atomic E-state index is 11.5. The van der Waals surface area contributed by atoms with E-state index >= 15 is 0 Å². The number of nitrogens with zero attached hydrogens (tertiary/aromatic N) is 4. The van der Waals surface area contributed by atoms with Crippen LogP contribution in [0.4, 0.5) is 0 Å². The number of carbonyl (C=O) groups is 1. The van der Waals surface area contributed by atoms with E-state index in [0.29, 0.717) is 18.7 Å². The zero-order valence-electron chi connectivity index (χ0n) is 9.02. The number of rotatable bonds is 4. The number of hydrogen-bond donors (Lipinski definition) is 0. The first-order valence-corrected chi connectivity index (χ1v) is 5.40. The van der Waals surface area contributed by atoms with Gasteiger partial charge in [-0.25, -0.2) is 0 Å². The maximum absolute atomic E-state index is 11.5. The summed E-state index contributed by atoms with van der Waals surface area (Å²) in [5, 5.41) is 7.88. The highest BCUT2D eigenvalue weighted by Crippen LogP contribution is 2.08. The first-order valence-electron chi connectivity index (χ1n) is 5.40. The van der Waals surface area contributed by atoms with Gasteiger partial charge in [-0.3, -0.25) is 9.69 Å². The highest BCUT2D eigenvalue weighted by Gasteiger charge is 2.18. The zero-order valence-corrected chi connectivity index (χ0v) is 9.02. The van der Waals surface area contributed by atoms with Gasteiger partial charge in [0.05, 0.1) is 13.1 Å². The lowest BCUT2D eigenvalue weighted by molar-refractivity contribution is -0.120. The number of ketones is 1. The predicted molar refractivity (Wildman–Crippen MR) is 55.2 cm³/mol. The Balaban J connectivity index is 1.90. The van der Waals surface area contributed by atoms with Gasteiger partial charge in [-0.2, -0.15) is 0 Å². The van der Waals surface area contributed by atoms with Crippen molar-refractivity contribution in [3.8, 4) is 0 Å². The summed E-state index contributed by atoms with van der Waals surface area (Å²) < 4.78 is 2.04. The Morgan fingerprint density at radius 2 is 2.40 bits per heavy atom. The molecule has 0 fully saturated rings. The van der Waals surface area contributed by atoms with E-state index < -0.39 is 0 Å². The highest BCUT2D eigenvalue weighted by atomic mass is 16.1. The van der Waals surface area contributed by atoms with Gasteiger partial charge in [0.2, 0.25) is 0 Å². The third kappa shape index (κ3) is 2.41. The molecule has 5 heteroatoms. The van der Waals surface area contributed by atoms with Crippen LogP contribution in [0.15, 0.2) is 6.33 Å². The fourth-order valence-electron chi connectivity index (χ4n) is 1.86. The van der Waals surface area contributed by atoms with Gasteiger partial charge in [-0.05, 0) is 6.42 Å². The van der Waals surface area contributed by atoms with Crippen molar-refractivity contribution in [2.24, 2.45) is 0 Å². The molecule has 0 bridgehead atoms. The molecule has 0 spiro atoms. The summed E-state index contributed by atoms with van der Waals surface area (Å²) in [6, 6.07) is 0. The number of aromatic nitrogens is 3. The van der Waals surface area contributed by atoms with Crippen molar-refractivity contribution in [3.05, 3.63) is 12.2 Å². The van der Waals surface area contributed by atoms with E-state index in [0.717, 1.165) is 31.9 Å². The number of hydrogen-bond acceptors (Lipinski definition) is 4. The average molecular weight is 208 g/mol. The van der Waals surface area contributed by atoms with Crippen molar-refractivity contribution in [3.63, 3.8) is 0 Å². The van der Waals surface area contributed by atoms with Crippen molar-refractivity contribution >= 4 is 5.78 Å². The molecule has 5 nitrogen and oxygen atoms in total. The van der Waals surface area contributed by atoms with Gasteiger partial charge in [0, 0.05) is 19.5 Å². The first kappa shape index (κ1) is 10.3. The topological polar surface area (TPSA) is 51.0 Å². The molecular formula is C10H16N4O. The molecule has 1 aromatic rings. The fourth-order valence-corrected chi connectivity index (χ4v) is 1.86. The molecule has 15 heavy (non-hydrogen) atoms. The summed E-state index contributed by atoms with van der Waals surface area (Å²) >= 11 is 0. The molecule has 1 aliphatic rings. The molecule has 0 aliphatic carbocycles. The minimum atomic E-state index is 0.325. The average Bonchev–Trinajstić information content (AvgIpc) is 2.65. The second kappa shape index (κ2) is 4.53. The van der Waals surface area contributed by atoms with Gasteiger partial charge in [0.25, 0.3) is 0 Å². The van der Waals surface area contributed by atoms with Crippen LogP contribution < -0.4 is 0 Å². The zero-order chi connectivity index (χ0) is 10.7. The van der Waals surface area contributed by atoms with Crippen molar-refractivity contribution < 1.29 is 4.79 Å². The molecule has 1 aromatic heterocycles. The summed E-state index contributed by atoms with van der Waals surface area (Å²) in [5.74, 6) is 1.29. The smallest absolute Gasteiger partial charge is 0.147 e. The molecule has 0 radical (unpaired) electrons. The van der Waals surface area contributed by atoms with Gasteiger partial charge in [0.15, 0.2) is 0 Å². The molecule has 0 saturated carbocycles. The van der Waals surface area contributed by atoms with Crippen LogP contribution in [0.3, 0.4) is 0 Å². The molecule has 1 aliphatic heterocycles. The van der Waals surface area contributed by atoms with Crippen LogP contribution in [-0.4, -0.2) is 38.5 Å². The Morgan fingerprint density at radius 1 is 1.53 bits per heavy atom. The van der Waals surface area contributed by atoms with Crippen LogP contribution in [0.5, 0.6) is 0 Å². The number of carbonyl (C=O) groups excluding carboxylic acids is 1. The van der Waals surface area contributed by atoms with Crippen molar-refractivity contribution in [2.45, 2.75) is 32.9 Å². The van der Waals surface area contributed by atoms with Gasteiger partial charge in [-0.1, -0.05) is 6.92 Å². The normalized spacial score (nSPS) is 16.3. The van der Waals surface area contributed by atoms with Crippen LogP contribution in [0, 0.1) is 0 Å². The molecule has 0 amide bonds. The molecular weight excluding hydrogens is 192 g/mol. The van der Waals surface area contributed by atoms with Gasteiger partial charge in [0.1, 0.15) is 17.9 Å². The van der Waals surface area contributed by atoms with E-state index in [4.69, 9.17) is 0 Å². The van der Waals surface area contributed by atoms with Gasteiger partial charge in [-0.15, -0.1) is 10.2 Å². The lowest BCUT2D eigenvalue weighted by Crippen LogP contribution is -2.37. The lowest BCUT2D eigenvalue weighted by Gasteiger charge is -2.25. The van der Waals surface area contributed by atoms with E-state index in [1.165, 1.54) is 0 Å². The van der Waals surface area contributed by atoms with Crippen LogP contribution in [0.2, 0.25) is 0 Å². The third-order valence-electron chi connectivity index (χ3n) is 2.65. The minimum Gasteiger partial charge on any atom is -0.315 e. The van der Waals surface area contributed by atoms with Crippen molar-refractivity contribution in [1.29, 1.82) is 0 Å². The molecule has 0 unspecified atom stereocenters. The van der Waals surface area contributed by atoms with Gasteiger partial charge >= 0.3 is 0 Å². The van der Waals surface area contributed by atoms with E-state index in [-0.39, 0.29) is 0 Å². The van der Waals surface area contributed by atoms with Crippen molar-refractivity contribution in [1.82, 2.24) is 19.7 Å². The second-order valence-electron chi connectivity index (χ2n) is 3.94. The largest absolute Gasteiger partial charge is 0.315 e. The summed E-state index contributed by atoms with van der Waals surface area (Å²) in [4.78, 5) is 13.6. The Labute approximate surface area is 89.1 Å². The SMILES string of the molecule is CCCC(=O)CN1CCn2cnnc2C1. The summed E-state index contributed by atoms with van der Waals surface area (Å²) in [5.41, 5.74) is 0. The number of fused-ring (bicyclic) bond motifs is 1. The molecule has 0 aromatic carbocycles. The Bertz CT molecular complexity index is 347. The van der Waals surface area contributed by atoms with Crippen LogP contribution in [0.25, 0.3) is 0 Å². The second-order valence-corrected chi connectivity index (χ2v) is 3.94. The van der Waals surface area contributed by atoms with Crippen molar-refractivity contribution in [2.75, 3.05) is 13.1 Å². The summed E-state index contributed by atoms with van der Waals surface area (Å²) in [7, 11) is 0. The minimum absolute atomic E-state index is 0.325. The van der Waals surface area contributed by atoms with E-state index in [2.05, 4.69) is 15.1 Å². The quantitative estimate of drug-likeness (QED) is 0.721. The molecule has 0 saturated heterocycles. The molecule has 0 N–H and O–H groups in total. The van der Waals surface area contributed by atoms with Crippen LogP contribution in [0.1, 0.15) is 25.6 Å².